The predicted octanol–water partition coefficient (Wildman–Crippen LogP) is 4.19. The van der Waals surface area contributed by atoms with E-state index in [9.17, 15) is 8.42 Å². The summed E-state index contributed by atoms with van der Waals surface area (Å²) in [5, 5.41) is 0.112. The lowest BCUT2D eigenvalue weighted by atomic mass is 10.2. The van der Waals surface area contributed by atoms with Crippen LogP contribution < -0.4 is 4.72 Å². The molecule has 0 radical (unpaired) electrons. The van der Waals surface area contributed by atoms with E-state index in [-0.39, 0.29) is 14.9 Å². The molecule has 1 atom stereocenters. The molecule has 21 heavy (non-hydrogen) atoms. The van der Waals surface area contributed by atoms with E-state index in [4.69, 9.17) is 23.2 Å². The van der Waals surface area contributed by atoms with Gasteiger partial charge in [0.1, 0.15) is 4.90 Å². The first kappa shape index (κ1) is 16.7. The number of nitrogens with zero attached hydrogens (tertiary/aromatic N) is 1. The minimum absolute atomic E-state index is 0.0558. The first-order valence-corrected chi connectivity index (χ1v) is 8.91. The number of hydrogen-bond donors (Lipinski definition) is 1. The van der Waals surface area contributed by atoms with Crippen molar-refractivity contribution in [2.24, 2.45) is 0 Å². The van der Waals surface area contributed by atoms with Crippen LogP contribution in [0.3, 0.4) is 0 Å². The molecular formula is C13H11BrCl2N2O2S. The van der Waals surface area contributed by atoms with Crippen LogP contribution in [0.25, 0.3) is 0 Å². The van der Waals surface area contributed by atoms with E-state index in [1.807, 2.05) is 0 Å². The van der Waals surface area contributed by atoms with Gasteiger partial charge in [-0.05, 0) is 30.7 Å². The summed E-state index contributed by atoms with van der Waals surface area (Å²) >= 11 is 15.2. The summed E-state index contributed by atoms with van der Waals surface area (Å²) in [5.74, 6) is 0. The maximum Gasteiger partial charge on any atom is 0.244 e. The van der Waals surface area contributed by atoms with Crippen molar-refractivity contribution < 1.29 is 8.42 Å². The third-order valence-corrected chi connectivity index (χ3v) is 5.67. The number of benzene rings is 1. The lowest BCUT2D eigenvalue weighted by Gasteiger charge is -2.16. The summed E-state index contributed by atoms with van der Waals surface area (Å²) in [4.78, 5) is 3.83. The third-order valence-electron chi connectivity index (χ3n) is 2.75. The second kappa shape index (κ2) is 6.62. The van der Waals surface area contributed by atoms with E-state index < -0.39 is 16.1 Å². The van der Waals surface area contributed by atoms with Crippen LogP contribution in [0.4, 0.5) is 0 Å². The van der Waals surface area contributed by atoms with Gasteiger partial charge in [-0.3, -0.25) is 4.98 Å². The summed E-state index contributed by atoms with van der Waals surface area (Å²) < 4.78 is 28.1. The van der Waals surface area contributed by atoms with Crippen molar-refractivity contribution in [2.45, 2.75) is 17.9 Å². The summed E-state index contributed by atoms with van der Waals surface area (Å²) in [6, 6.07) is 6.03. The second-order valence-corrected chi connectivity index (χ2v) is 7.71. The zero-order chi connectivity index (χ0) is 15.6. The highest BCUT2D eigenvalue weighted by Crippen LogP contribution is 2.33. The van der Waals surface area contributed by atoms with Crippen LogP contribution in [-0.4, -0.2) is 13.4 Å². The van der Waals surface area contributed by atoms with Gasteiger partial charge in [0.05, 0.1) is 10.0 Å². The summed E-state index contributed by atoms with van der Waals surface area (Å²) in [6.45, 7) is 1.72. The van der Waals surface area contributed by atoms with Crippen LogP contribution in [0.5, 0.6) is 0 Å². The van der Waals surface area contributed by atoms with Crippen molar-refractivity contribution in [1.29, 1.82) is 0 Å². The van der Waals surface area contributed by atoms with Gasteiger partial charge in [-0.15, -0.1) is 0 Å². The van der Waals surface area contributed by atoms with Crippen molar-refractivity contribution in [3.63, 3.8) is 0 Å². The fourth-order valence-corrected chi connectivity index (χ4v) is 4.95. The van der Waals surface area contributed by atoms with Crippen LogP contribution in [0.1, 0.15) is 18.5 Å². The van der Waals surface area contributed by atoms with E-state index in [1.54, 1.807) is 31.5 Å². The van der Waals surface area contributed by atoms with E-state index in [0.29, 0.717) is 4.47 Å². The summed E-state index contributed by atoms with van der Waals surface area (Å²) in [7, 11) is -3.85. The van der Waals surface area contributed by atoms with E-state index in [0.717, 1.165) is 5.56 Å². The fraction of sp³-hybridized carbons (Fsp3) is 0.154. The van der Waals surface area contributed by atoms with Gasteiger partial charge in [-0.1, -0.05) is 45.2 Å². The number of rotatable bonds is 4. The maximum atomic E-state index is 12.5. The quantitative estimate of drug-likeness (QED) is 0.823. The van der Waals surface area contributed by atoms with Crippen LogP contribution in [0.15, 0.2) is 46.0 Å². The van der Waals surface area contributed by atoms with E-state index in [2.05, 4.69) is 25.6 Å². The molecule has 1 aromatic heterocycles. The molecule has 0 fully saturated rings. The summed E-state index contributed by atoms with van der Waals surface area (Å²) in [5.41, 5.74) is 0.741. The molecule has 0 bridgehead atoms. The van der Waals surface area contributed by atoms with Crippen LogP contribution in [0, 0.1) is 0 Å². The van der Waals surface area contributed by atoms with Gasteiger partial charge in [0, 0.05) is 22.9 Å². The Morgan fingerprint density at radius 2 is 1.90 bits per heavy atom. The standard InChI is InChI=1S/C13H11BrCl2N2O2S/c1-8(9-3-2-4-17-7-9)18-21(19,20)13-11(15)5-10(14)6-12(13)16/h2-8,18H,1H3. The minimum Gasteiger partial charge on any atom is -0.264 e. The molecule has 0 saturated heterocycles. The Morgan fingerprint density at radius 3 is 2.43 bits per heavy atom. The highest BCUT2D eigenvalue weighted by atomic mass is 79.9. The zero-order valence-electron chi connectivity index (χ0n) is 10.8. The molecule has 0 amide bonds. The lowest BCUT2D eigenvalue weighted by Crippen LogP contribution is -2.27. The van der Waals surface area contributed by atoms with Crippen LogP contribution in [0.2, 0.25) is 10.0 Å². The molecule has 0 aliphatic rings. The van der Waals surface area contributed by atoms with Gasteiger partial charge in [0.15, 0.2) is 0 Å². The number of sulfonamides is 1. The second-order valence-electron chi connectivity index (χ2n) is 4.33. The maximum absolute atomic E-state index is 12.5. The SMILES string of the molecule is CC(NS(=O)(=O)c1c(Cl)cc(Br)cc1Cl)c1cccnc1. The zero-order valence-corrected chi connectivity index (χ0v) is 14.8. The summed E-state index contributed by atoms with van der Waals surface area (Å²) in [6.07, 6.45) is 3.21. The third kappa shape index (κ3) is 3.96. The van der Waals surface area contributed by atoms with E-state index >= 15 is 0 Å². The molecule has 1 unspecified atom stereocenters. The number of hydrogen-bond acceptors (Lipinski definition) is 3. The van der Waals surface area contributed by atoms with Crippen molar-refractivity contribution in [3.8, 4) is 0 Å². The molecule has 1 heterocycles. The molecular weight excluding hydrogens is 399 g/mol. The van der Waals surface area contributed by atoms with Crippen molar-refractivity contribution >= 4 is 49.2 Å². The highest BCUT2D eigenvalue weighted by molar-refractivity contribution is 9.10. The Hall–Kier alpha value is -0.660. The molecule has 0 aliphatic carbocycles. The molecule has 2 rings (SSSR count). The fourth-order valence-electron chi connectivity index (χ4n) is 1.78. The molecule has 1 aromatic carbocycles. The van der Waals surface area contributed by atoms with Gasteiger partial charge >= 0.3 is 0 Å². The predicted molar refractivity (Wildman–Crippen MR) is 87.1 cm³/mol. The van der Waals surface area contributed by atoms with Gasteiger partial charge < -0.3 is 0 Å². The Bertz CT molecular complexity index is 731. The monoisotopic (exact) mass is 408 g/mol. The minimum atomic E-state index is -3.85. The smallest absolute Gasteiger partial charge is 0.244 e. The lowest BCUT2D eigenvalue weighted by molar-refractivity contribution is 0.566. The first-order valence-electron chi connectivity index (χ1n) is 5.88. The van der Waals surface area contributed by atoms with Crippen molar-refractivity contribution in [2.75, 3.05) is 0 Å². The average Bonchev–Trinajstić information content (AvgIpc) is 2.37. The highest BCUT2D eigenvalue weighted by Gasteiger charge is 2.24. The number of halogens is 3. The number of nitrogens with one attached hydrogen (secondary N) is 1. The topological polar surface area (TPSA) is 59.1 Å². The molecule has 112 valence electrons. The molecule has 0 spiro atoms. The number of aromatic nitrogens is 1. The Kier molecular flexibility index (Phi) is 5.27. The first-order chi connectivity index (χ1) is 9.81. The molecule has 2 aromatic rings. The Morgan fingerprint density at radius 1 is 1.29 bits per heavy atom. The Labute approximate surface area is 141 Å². The van der Waals surface area contributed by atoms with Gasteiger partial charge in [0.2, 0.25) is 10.0 Å². The van der Waals surface area contributed by atoms with Crippen molar-refractivity contribution in [1.82, 2.24) is 9.71 Å². The van der Waals surface area contributed by atoms with Gasteiger partial charge in [-0.2, -0.15) is 0 Å². The Balaban J connectivity index is 2.36. The number of pyridine rings is 1. The largest absolute Gasteiger partial charge is 0.264 e. The van der Waals surface area contributed by atoms with E-state index in [1.165, 1.54) is 12.1 Å². The molecule has 4 nitrogen and oxygen atoms in total. The molecule has 8 heteroatoms. The van der Waals surface area contributed by atoms with Crippen molar-refractivity contribution in [3.05, 3.63) is 56.7 Å². The normalized spacial score (nSPS) is 13.1. The molecule has 1 N–H and O–H groups in total. The van der Waals surface area contributed by atoms with Gasteiger partial charge in [0.25, 0.3) is 0 Å². The van der Waals surface area contributed by atoms with Crippen LogP contribution >= 0.6 is 39.1 Å². The molecule has 0 saturated carbocycles. The van der Waals surface area contributed by atoms with Gasteiger partial charge in [-0.25, -0.2) is 13.1 Å². The average molecular weight is 410 g/mol. The molecule has 0 aliphatic heterocycles. The van der Waals surface area contributed by atoms with Crippen LogP contribution in [-0.2, 0) is 10.0 Å².